The summed E-state index contributed by atoms with van der Waals surface area (Å²) < 4.78 is 1.72. The number of nitrogens with zero attached hydrogens (tertiary/aromatic N) is 2. The molecule has 5 nitrogen and oxygen atoms in total. The zero-order valence-electron chi connectivity index (χ0n) is 11.0. The molecule has 1 heterocycles. The Balaban J connectivity index is 2.19. The maximum absolute atomic E-state index is 11.8. The molecular formula is C14H17N3O2. The van der Waals surface area contributed by atoms with Gasteiger partial charge in [0.15, 0.2) is 5.69 Å². The van der Waals surface area contributed by atoms with Crippen LogP contribution in [0.25, 0.3) is 5.69 Å². The number of benzene rings is 1. The van der Waals surface area contributed by atoms with E-state index in [1.165, 1.54) is 0 Å². The van der Waals surface area contributed by atoms with Crippen LogP contribution in [0.2, 0.25) is 0 Å². The number of amides is 1. The first-order valence-electron chi connectivity index (χ1n) is 6.16. The van der Waals surface area contributed by atoms with Crippen LogP contribution in [0, 0.1) is 6.92 Å². The van der Waals surface area contributed by atoms with E-state index in [2.05, 4.69) is 10.4 Å². The second-order valence-corrected chi connectivity index (χ2v) is 4.48. The molecule has 0 bridgehead atoms. The monoisotopic (exact) mass is 259 g/mol. The first-order chi connectivity index (χ1) is 9.08. The molecule has 0 fully saturated rings. The van der Waals surface area contributed by atoms with E-state index in [1.807, 2.05) is 37.3 Å². The highest BCUT2D eigenvalue weighted by molar-refractivity contribution is 5.92. The Morgan fingerprint density at radius 1 is 1.42 bits per heavy atom. The van der Waals surface area contributed by atoms with Gasteiger partial charge in [-0.25, -0.2) is 4.68 Å². The highest BCUT2D eigenvalue weighted by Crippen LogP contribution is 2.11. The number of nitrogens with one attached hydrogen (secondary N) is 1. The summed E-state index contributed by atoms with van der Waals surface area (Å²) in [7, 11) is 0. The molecule has 1 atom stereocenters. The molecule has 0 spiro atoms. The van der Waals surface area contributed by atoms with Gasteiger partial charge >= 0.3 is 0 Å². The summed E-state index contributed by atoms with van der Waals surface area (Å²) >= 11 is 0. The van der Waals surface area contributed by atoms with Gasteiger partial charge in [0.2, 0.25) is 0 Å². The van der Waals surface area contributed by atoms with Gasteiger partial charge in [-0.3, -0.25) is 4.79 Å². The summed E-state index contributed by atoms with van der Waals surface area (Å²) in [6.45, 7) is 3.73. The highest BCUT2D eigenvalue weighted by Gasteiger charge is 2.13. The van der Waals surface area contributed by atoms with Crippen molar-refractivity contribution in [2.24, 2.45) is 0 Å². The van der Waals surface area contributed by atoms with Crippen LogP contribution in [-0.2, 0) is 0 Å². The minimum atomic E-state index is -0.568. The second-order valence-electron chi connectivity index (χ2n) is 4.48. The number of hydrogen-bond donors (Lipinski definition) is 2. The third kappa shape index (κ3) is 3.20. The molecule has 1 unspecified atom stereocenters. The summed E-state index contributed by atoms with van der Waals surface area (Å²) in [4.78, 5) is 11.8. The highest BCUT2D eigenvalue weighted by atomic mass is 16.3. The average Bonchev–Trinajstić information content (AvgIpc) is 2.79. The molecule has 0 saturated carbocycles. The van der Waals surface area contributed by atoms with Gasteiger partial charge in [-0.1, -0.05) is 18.2 Å². The lowest BCUT2D eigenvalue weighted by atomic mass is 10.3. The topological polar surface area (TPSA) is 67.2 Å². The van der Waals surface area contributed by atoms with Crippen molar-refractivity contribution in [2.45, 2.75) is 20.0 Å². The first-order valence-corrected chi connectivity index (χ1v) is 6.16. The van der Waals surface area contributed by atoms with Gasteiger partial charge in [0.25, 0.3) is 5.91 Å². The molecule has 2 N–H and O–H groups in total. The Labute approximate surface area is 111 Å². The fourth-order valence-electron chi connectivity index (χ4n) is 1.75. The quantitative estimate of drug-likeness (QED) is 0.869. The molecule has 5 heteroatoms. The minimum absolute atomic E-state index is 0.218. The van der Waals surface area contributed by atoms with Crippen molar-refractivity contribution in [2.75, 3.05) is 6.54 Å². The molecule has 0 aliphatic heterocycles. The zero-order valence-corrected chi connectivity index (χ0v) is 11.0. The first kappa shape index (κ1) is 13.3. The molecule has 0 aliphatic rings. The van der Waals surface area contributed by atoms with Crippen LogP contribution in [0.4, 0.5) is 0 Å². The molecule has 19 heavy (non-hydrogen) atoms. The predicted molar refractivity (Wildman–Crippen MR) is 72.3 cm³/mol. The van der Waals surface area contributed by atoms with Crippen LogP contribution in [0.1, 0.15) is 23.1 Å². The maximum Gasteiger partial charge on any atom is 0.271 e. The van der Waals surface area contributed by atoms with Crippen LogP contribution in [-0.4, -0.2) is 33.4 Å². The molecule has 1 amide bonds. The van der Waals surface area contributed by atoms with Crippen LogP contribution in [0.3, 0.4) is 0 Å². The number of aliphatic hydroxyl groups is 1. The third-order valence-corrected chi connectivity index (χ3v) is 2.68. The molecule has 0 saturated heterocycles. The fraction of sp³-hybridized carbons (Fsp3) is 0.286. The van der Waals surface area contributed by atoms with E-state index in [1.54, 1.807) is 17.7 Å². The predicted octanol–water partition coefficient (Wildman–Crippen LogP) is 1.29. The number of aliphatic hydroxyl groups excluding tert-OH is 1. The number of carbonyl (C=O) groups excluding carboxylic acids is 1. The Morgan fingerprint density at radius 3 is 2.74 bits per heavy atom. The van der Waals surface area contributed by atoms with Gasteiger partial charge < -0.3 is 10.4 Å². The van der Waals surface area contributed by atoms with Gasteiger partial charge in [0, 0.05) is 12.2 Å². The normalized spacial score (nSPS) is 12.2. The summed E-state index contributed by atoms with van der Waals surface area (Å²) in [6, 6.07) is 11.4. The molecule has 2 aromatic rings. The van der Waals surface area contributed by atoms with Crippen LogP contribution in [0.15, 0.2) is 36.4 Å². The Kier molecular flexibility index (Phi) is 3.97. The number of para-hydroxylation sites is 1. The Bertz CT molecular complexity index is 561. The standard InChI is InChI=1S/C14H17N3O2/c1-10-8-13(14(19)15-9-11(2)18)16-17(10)12-6-4-3-5-7-12/h3-8,11,18H,9H2,1-2H3,(H,15,19). The van der Waals surface area contributed by atoms with Crippen LogP contribution < -0.4 is 5.32 Å². The molecule has 0 radical (unpaired) electrons. The van der Waals surface area contributed by atoms with Crippen molar-refractivity contribution < 1.29 is 9.90 Å². The second kappa shape index (κ2) is 5.67. The van der Waals surface area contributed by atoms with Crippen molar-refractivity contribution >= 4 is 5.91 Å². The summed E-state index contributed by atoms with van der Waals surface area (Å²) in [5.74, 6) is -0.279. The van der Waals surface area contributed by atoms with E-state index in [4.69, 9.17) is 5.11 Å². The van der Waals surface area contributed by atoms with E-state index in [-0.39, 0.29) is 12.5 Å². The van der Waals surface area contributed by atoms with E-state index in [0.717, 1.165) is 11.4 Å². The van der Waals surface area contributed by atoms with Crippen molar-refractivity contribution in [1.82, 2.24) is 15.1 Å². The Hall–Kier alpha value is -2.14. The van der Waals surface area contributed by atoms with Crippen molar-refractivity contribution in [1.29, 1.82) is 0 Å². The van der Waals surface area contributed by atoms with Crippen molar-refractivity contribution in [3.05, 3.63) is 47.8 Å². The van der Waals surface area contributed by atoms with Gasteiger partial charge in [-0.2, -0.15) is 5.10 Å². The molecule has 2 rings (SSSR count). The minimum Gasteiger partial charge on any atom is -0.392 e. The van der Waals surface area contributed by atoms with E-state index >= 15 is 0 Å². The molecule has 1 aromatic carbocycles. The lowest BCUT2D eigenvalue weighted by Gasteiger charge is -2.05. The van der Waals surface area contributed by atoms with Gasteiger partial charge in [0.05, 0.1) is 11.8 Å². The van der Waals surface area contributed by atoms with Crippen LogP contribution >= 0.6 is 0 Å². The molecule has 100 valence electrons. The third-order valence-electron chi connectivity index (χ3n) is 2.68. The zero-order chi connectivity index (χ0) is 13.8. The molecular weight excluding hydrogens is 242 g/mol. The van der Waals surface area contributed by atoms with E-state index in [9.17, 15) is 4.79 Å². The maximum atomic E-state index is 11.8. The summed E-state index contributed by atoms with van der Waals surface area (Å²) in [6.07, 6.45) is -0.568. The number of aryl methyl sites for hydroxylation is 1. The molecule has 1 aromatic heterocycles. The smallest absolute Gasteiger partial charge is 0.271 e. The lowest BCUT2D eigenvalue weighted by Crippen LogP contribution is -2.30. The summed E-state index contributed by atoms with van der Waals surface area (Å²) in [5.41, 5.74) is 2.14. The number of rotatable bonds is 4. The van der Waals surface area contributed by atoms with Crippen molar-refractivity contribution in [3.8, 4) is 5.69 Å². The van der Waals surface area contributed by atoms with Gasteiger partial charge in [-0.15, -0.1) is 0 Å². The fourth-order valence-corrected chi connectivity index (χ4v) is 1.75. The number of carbonyl (C=O) groups is 1. The lowest BCUT2D eigenvalue weighted by molar-refractivity contribution is 0.0918. The largest absolute Gasteiger partial charge is 0.392 e. The van der Waals surface area contributed by atoms with E-state index < -0.39 is 6.10 Å². The average molecular weight is 259 g/mol. The Morgan fingerprint density at radius 2 is 2.11 bits per heavy atom. The van der Waals surface area contributed by atoms with Gasteiger partial charge in [0.1, 0.15) is 0 Å². The molecule has 0 aliphatic carbocycles. The van der Waals surface area contributed by atoms with E-state index in [0.29, 0.717) is 5.69 Å². The van der Waals surface area contributed by atoms with Crippen LogP contribution in [0.5, 0.6) is 0 Å². The van der Waals surface area contributed by atoms with Gasteiger partial charge in [-0.05, 0) is 32.0 Å². The summed E-state index contributed by atoms with van der Waals surface area (Å²) in [5, 5.41) is 16.1. The number of hydrogen-bond acceptors (Lipinski definition) is 3. The van der Waals surface area contributed by atoms with Crippen molar-refractivity contribution in [3.63, 3.8) is 0 Å². The SMILES string of the molecule is Cc1cc(C(=O)NCC(C)O)nn1-c1ccccc1. The number of aromatic nitrogens is 2.